The van der Waals surface area contributed by atoms with Crippen LogP contribution in [0.4, 0.5) is 0 Å². The van der Waals surface area contributed by atoms with Gasteiger partial charge in [0.2, 0.25) is 0 Å². The molecule has 2 nitrogen and oxygen atoms in total. The van der Waals surface area contributed by atoms with Crippen molar-refractivity contribution in [3.05, 3.63) is 29.3 Å². The Morgan fingerprint density at radius 3 is 2.56 bits per heavy atom. The molecule has 0 N–H and O–H groups in total. The van der Waals surface area contributed by atoms with Crippen molar-refractivity contribution in [2.75, 3.05) is 33.0 Å². The molecular formula is C15H25NOS. The van der Waals surface area contributed by atoms with E-state index in [0.29, 0.717) is 5.92 Å². The summed E-state index contributed by atoms with van der Waals surface area (Å²) in [4.78, 5) is 2.30. The van der Waals surface area contributed by atoms with Gasteiger partial charge in [-0.15, -0.1) is 0 Å². The maximum atomic E-state index is 5.44. The van der Waals surface area contributed by atoms with Crippen molar-refractivity contribution in [3.8, 4) is 5.75 Å². The predicted molar refractivity (Wildman–Crippen MR) is 82.1 cm³/mol. The summed E-state index contributed by atoms with van der Waals surface area (Å²) in [6, 6.07) is 6.52. The number of rotatable bonds is 7. The molecule has 0 aliphatic rings. The molecule has 1 rings (SSSR count). The molecular weight excluding hydrogens is 242 g/mol. The minimum Gasteiger partial charge on any atom is -0.496 e. The van der Waals surface area contributed by atoms with Crippen molar-refractivity contribution in [2.45, 2.75) is 26.2 Å². The highest BCUT2D eigenvalue weighted by atomic mass is 32.1. The standard InChI is InChI=1S/C15H25NOS/c1-12(2)13-5-6-15(17-4)14(11-13)7-8-16(3)9-10-18/h5-6,11-12,18H,7-10H2,1-4H3. The average Bonchev–Trinajstić information content (AvgIpc) is 2.36. The zero-order valence-corrected chi connectivity index (χ0v) is 12.8. The average molecular weight is 267 g/mol. The molecule has 0 radical (unpaired) electrons. The third-order valence-electron chi connectivity index (χ3n) is 3.22. The Labute approximate surface area is 117 Å². The van der Waals surface area contributed by atoms with Gasteiger partial charge < -0.3 is 9.64 Å². The van der Waals surface area contributed by atoms with Gasteiger partial charge in [-0.05, 0) is 36.6 Å². The predicted octanol–water partition coefficient (Wildman–Crippen LogP) is 3.22. The first-order valence-electron chi connectivity index (χ1n) is 6.54. The number of likely N-dealkylation sites (N-methyl/N-ethyl adjacent to an activating group) is 1. The topological polar surface area (TPSA) is 12.5 Å². The molecule has 0 saturated carbocycles. The minimum atomic E-state index is 0.560. The lowest BCUT2D eigenvalue weighted by molar-refractivity contribution is 0.355. The molecule has 0 unspecified atom stereocenters. The molecule has 0 aliphatic carbocycles. The van der Waals surface area contributed by atoms with E-state index >= 15 is 0 Å². The molecule has 0 bridgehead atoms. The van der Waals surface area contributed by atoms with Crippen LogP contribution in [0.3, 0.4) is 0 Å². The first-order valence-corrected chi connectivity index (χ1v) is 7.18. The largest absolute Gasteiger partial charge is 0.496 e. The van der Waals surface area contributed by atoms with Gasteiger partial charge >= 0.3 is 0 Å². The second-order valence-corrected chi connectivity index (χ2v) is 5.45. The number of methoxy groups -OCH3 is 1. The van der Waals surface area contributed by atoms with E-state index < -0.39 is 0 Å². The normalized spacial score (nSPS) is 11.3. The van der Waals surface area contributed by atoms with Crippen molar-refractivity contribution in [3.63, 3.8) is 0 Å². The van der Waals surface area contributed by atoms with Crippen molar-refractivity contribution >= 4 is 12.6 Å². The van der Waals surface area contributed by atoms with E-state index in [4.69, 9.17) is 4.74 Å². The first-order chi connectivity index (χ1) is 8.58. The zero-order valence-electron chi connectivity index (χ0n) is 11.9. The Balaban J connectivity index is 2.75. The van der Waals surface area contributed by atoms with Crippen molar-refractivity contribution < 1.29 is 4.74 Å². The number of ether oxygens (including phenoxy) is 1. The van der Waals surface area contributed by atoms with Crippen LogP contribution in [0.5, 0.6) is 5.75 Å². The minimum absolute atomic E-state index is 0.560. The Morgan fingerprint density at radius 2 is 2.00 bits per heavy atom. The number of thiol groups is 1. The fourth-order valence-corrected chi connectivity index (χ4v) is 2.29. The molecule has 0 fully saturated rings. The molecule has 3 heteroatoms. The summed E-state index contributed by atoms with van der Waals surface area (Å²) in [6.45, 7) is 6.50. The summed E-state index contributed by atoms with van der Waals surface area (Å²) in [7, 11) is 3.88. The lowest BCUT2D eigenvalue weighted by atomic mass is 9.99. The number of benzene rings is 1. The molecule has 0 atom stereocenters. The van der Waals surface area contributed by atoms with Crippen LogP contribution in [0.1, 0.15) is 30.9 Å². The summed E-state index contributed by atoms with van der Waals surface area (Å²) >= 11 is 4.26. The SMILES string of the molecule is COc1ccc(C(C)C)cc1CCN(C)CCS. The lowest BCUT2D eigenvalue weighted by Crippen LogP contribution is -2.23. The Bertz CT molecular complexity index is 366. The Hall–Kier alpha value is -0.670. The second kappa shape index (κ2) is 7.70. The molecule has 102 valence electrons. The molecule has 0 aromatic heterocycles. The highest BCUT2D eigenvalue weighted by molar-refractivity contribution is 7.80. The van der Waals surface area contributed by atoms with Gasteiger partial charge in [0.15, 0.2) is 0 Å². The van der Waals surface area contributed by atoms with Crippen LogP contribution in [0, 0.1) is 0 Å². The Kier molecular flexibility index (Phi) is 6.58. The summed E-state index contributed by atoms with van der Waals surface area (Å²) in [5.41, 5.74) is 2.68. The fourth-order valence-electron chi connectivity index (χ4n) is 1.95. The van der Waals surface area contributed by atoms with Gasteiger partial charge in [0.05, 0.1) is 7.11 Å². The number of hydrogen-bond donors (Lipinski definition) is 1. The van der Waals surface area contributed by atoms with Crippen LogP contribution >= 0.6 is 12.6 Å². The summed E-state index contributed by atoms with van der Waals surface area (Å²) in [5.74, 6) is 2.46. The quantitative estimate of drug-likeness (QED) is 0.762. The number of hydrogen-bond acceptors (Lipinski definition) is 3. The van der Waals surface area contributed by atoms with Gasteiger partial charge in [0, 0.05) is 18.8 Å². The van der Waals surface area contributed by atoms with E-state index in [1.807, 2.05) is 0 Å². The number of nitrogens with zero attached hydrogens (tertiary/aromatic N) is 1. The van der Waals surface area contributed by atoms with Crippen molar-refractivity contribution in [2.24, 2.45) is 0 Å². The lowest BCUT2D eigenvalue weighted by Gasteiger charge is -2.17. The van der Waals surface area contributed by atoms with Gasteiger partial charge in [-0.2, -0.15) is 12.6 Å². The van der Waals surface area contributed by atoms with Crippen LogP contribution in [-0.4, -0.2) is 37.9 Å². The maximum Gasteiger partial charge on any atom is 0.122 e. The van der Waals surface area contributed by atoms with Crippen LogP contribution < -0.4 is 4.74 Å². The van der Waals surface area contributed by atoms with Gasteiger partial charge in [-0.25, -0.2) is 0 Å². The smallest absolute Gasteiger partial charge is 0.122 e. The first kappa shape index (κ1) is 15.4. The van der Waals surface area contributed by atoms with Gasteiger partial charge in [-0.1, -0.05) is 26.0 Å². The van der Waals surface area contributed by atoms with Crippen LogP contribution in [0.25, 0.3) is 0 Å². The van der Waals surface area contributed by atoms with E-state index in [1.165, 1.54) is 11.1 Å². The van der Waals surface area contributed by atoms with Gasteiger partial charge in [-0.3, -0.25) is 0 Å². The van der Waals surface area contributed by atoms with E-state index in [0.717, 1.165) is 31.0 Å². The van der Waals surface area contributed by atoms with Crippen LogP contribution in [-0.2, 0) is 6.42 Å². The molecule has 1 aromatic rings. The van der Waals surface area contributed by atoms with Crippen LogP contribution in [0.15, 0.2) is 18.2 Å². The highest BCUT2D eigenvalue weighted by Crippen LogP contribution is 2.24. The third kappa shape index (κ3) is 4.54. The maximum absolute atomic E-state index is 5.44. The molecule has 0 aliphatic heterocycles. The summed E-state index contributed by atoms with van der Waals surface area (Å²) < 4.78 is 5.44. The van der Waals surface area contributed by atoms with Gasteiger partial charge in [0.25, 0.3) is 0 Å². The van der Waals surface area contributed by atoms with Crippen LogP contribution in [0.2, 0.25) is 0 Å². The molecule has 0 heterocycles. The van der Waals surface area contributed by atoms with E-state index in [2.05, 4.69) is 56.6 Å². The second-order valence-electron chi connectivity index (χ2n) is 5.00. The molecule has 0 saturated heterocycles. The summed E-state index contributed by atoms with van der Waals surface area (Å²) in [5, 5.41) is 0. The van der Waals surface area contributed by atoms with E-state index in [-0.39, 0.29) is 0 Å². The summed E-state index contributed by atoms with van der Waals surface area (Å²) in [6.07, 6.45) is 1.02. The Morgan fingerprint density at radius 1 is 1.28 bits per heavy atom. The third-order valence-corrected chi connectivity index (χ3v) is 3.42. The molecule has 18 heavy (non-hydrogen) atoms. The zero-order chi connectivity index (χ0) is 13.5. The molecule has 1 aromatic carbocycles. The molecule has 0 spiro atoms. The van der Waals surface area contributed by atoms with E-state index in [1.54, 1.807) is 7.11 Å². The fraction of sp³-hybridized carbons (Fsp3) is 0.600. The monoisotopic (exact) mass is 267 g/mol. The van der Waals surface area contributed by atoms with Crippen molar-refractivity contribution in [1.82, 2.24) is 4.90 Å². The van der Waals surface area contributed by atoms with E-state index in [9.17, 15) is 0 Å². The van der Waals surface area contributed by atoms with Crippen molar-refractivity contribution in [1.29, 1.82) is 0 Å². The highest BCUT2D eigenvalue weighted by Gasteiger charge is 2.08. The molecule has 0 amide bonds. The van der Waals surface area contributed by atoms with Gasteiger partial charge in [0.1, 0.15) is 5.75 Å².